The van der Waals surface area contributed by atoms with E-state index in [9.17, 15) is 9.90 Å². The van der Waals surface area contributed by atoms with Crippen molar-refractivity contribution in [3.8, 4) is 0 Å². The van der Waals surface area contributed by atoms with Gasteiger partial charge < -0.3 is 14.9 Å². The van der Waals surface area contributed by atoms with Crippen molar-refractivity contribution >= 4 is 46.3 Å². The summed E-state index contributed by atoms with van der Waals surface area (Å²) in [5.41, 5.74) is 2.70. The molecule has 1 N–H and O–H groups in total. The molecule has 0 radical (unpaired) electrons. The van der Waals surface area contributed by atoms with Gasteiger partial charge in [0.25, 0.3) is 0 Å². The molecule has 4 heterocycles. The maximum Gasteiger partial charge on any atom is 0.309 e. The molecule has 9 nitrogen and oxygen atoms in total. The van der Waals surface area contributed by atoms with E-state index in [4.69, 9.17) is 33.2 Å². The number of fused-ring (bicyclic) bond motifs is 1. The van der Waals surface area contributed by atoms with Gasteiger partial charge in [-0.15, -0.1) is 5.10 Å². The minimum Gasteiger partial charge on any atom is -0.481 e. The summed E-state index contributed by atoms with van der Waals surface area (Å²) in [5.74, 6) is 1.45. The number of nitrogens with zero attached hydrogens (tertiary/aromatic N) is 7. The summed E-state index contributed by atoms with van der Waals surface area (Å²) in [6, 6.07) is 5.73. The monoisotopic (exact) mass is 585 g/mol. The van der Waals surface area contributed by atoms with Gasteiger partial charge in [-0.1, -0.05) is 48.3 Å². The van der Waals surface area contributed by atoms with Crippen molar-refractivity contribution in [3.05, 3.63) is 39.5 Å². The highest BCUT2D eigenvalue weighted by atomic mass is 35.5. The van der Waals surface area contributed by atoms with Gasteiger partial charge in [-0.25, -0.2) is 9.67 Å². The van der Waals surface area contributed by atoms with Crippen LogP contribution in [0.25, 0.3) is 11.2 Å². The Hall–Kier alpha value is -2.49. The van der Waals surface area contributed by atoms with Crippen molar-refractivity contribution in [2.45, 2.75) is 71.4 Å². The summed E-state index contributed by atoms with van der Waals surface area (Å²) in [4.78, 5) is 26.3. The van der Waals surface area contributed by atoms with Crippen molar-refractivity contribution in [3.63, 3.8) is 0 Å². The standard InChI is InChI=1S/C29H37Cl2N7O2/c1-16(2)24-25-26(38(35-34-25)17(3)22-8-7-20(30)10-23(22)31)33-28(32-24)37-14-19(15-37)18-6-5-9-36(13-18)21-11-29(4,12-21)27(39)40/h7-8,10,16-19,21H,5-6,9,11-15H2,1-4H3,(H,39,40)/t17-,18+,21?,29?/m1/s1. The fraction of sp³-hybridized carbons (Fsp3) is 0.621. The van der Waals surface area contributed by atoms with Crippen LogP contribution in [-0.4, -0.2) is 73.2 Å². The molecular weight excluding hydrogens is 549 g/mol. The van der Waals surface area contributed by atoms with E-state index < -0.39 is 11.4 Å². The number of hydrogen-bond donors (Lipinski definition) is 1. The van der Waals surface area contributed by atoms with Crippen molar-refractivity contribution in [1.82, 2.24) is 29.9 Å². The number of piperidine rings is 1. The van der Waals surface area contributed by atoms with E-state index >= 15 is 0 Å². The quantitative estimate of drug-likeness (QED) is 0.379. The molecule has 2 saturated heterocycles. The van der Waals surface area contributed by atoms with Crippen LogP contribution in [0.3, 0.4) is 0 Å². The molecule has 0 bridgehead atoms. The van der Waals surface area contributed by atoms with Crippen LogP contribution in [0, 0.1) is 17.3 Å². The van der Waals surface area contributed by atoms with Crippen molar-refractivity contribution < 1.29 is 9.90 Å². The summed E-state index contributed by atoms with van der Waals surface area (Å²) in [7, 11) is 0. The third kappa shape index (κ3) is 4.84. The van der Waals surface area contributed by atoms with Gasteiger partial charge in [-0.05, 0) is 81.5 Å². The number of rotatable bonds is 7. The van der Waals surface area contributed by atoms with Gasteiger partial charge in [-0.3, -0.25) is 4.79 Å². The van der Waals surface area contributed by atoms with Crippen LogP contribution in [0.15, 0.2) is 18.2 Å². The molecule has 6 rings (SSSR count). The molecule has 0 spiro atoms. The summed E-state index contributed by atoms with van der Waals surface area (Å²) < 4.78 is 1.83. The van der Waals surface area contributed by atoms with Crippen LogP contribution in [0.4, 0.5) is 5.95 Å². The van der Waals surface area contributed by atoms with Gasteiger partial charge in [0.15, 0.2) is 11.2 Å². The van der Waals surface area contributed by atoms with E-state index in [1.165, 1.54) is 12.8 Å². The van der Waals surface area contributed by atoms with Crippen LogP contribution >= 0.6 is 23.2 Å². The Kier molecular flexibility index (Phi) is 7.20. The molecule has 0 unspecified atom stereocenters. The number of anilines is 1. The maximum atomic E-state index is 11.6. The van der Waals surface area contributed by atoms with Crippen LogP contribution in [0.5, 0.6) is 0 Å². The number of hydrogen-bond acceptors (Lipinski definition) is 7. The highest BCUT2D eigenvalue weighted by Crippen LogP contribution is 2.45. The summed E-state index contributed by atoms with van der Waals surface area (Å²) >= 11 is 12.7. The number of carboxylic acids is 1. The van der Waals surface area contributed by atoms with Crippen LogP contribution in [0.2, 0.25) is 10.0 Å². The highest BCUT2D eigenvalue weighted by Gasteiger charge is 2.49. The number of carboxylic acid groups (broad SMARTS) is 1. The van der Waals surface area contributed by atoms with Gasteiger partial charge in [0.2, 0.25) is 5.95 Å². The zero-order chi connectivity index (χ0) is 28.3. The lowest BCUT2D eigenvalue weighted by Crippen LogP contribution is -2.58. The van der Waals surface area contributed by atoms with Crippen molar-refractivity contribution in [2.75, 3.05) is 31.1 Å². The Morgan fingerprint density at radius 1 is 1.10 bits per heavy atom. The normalized spacial score (nSPS) is 26.6. The maximum absolute atomic E-state index is 11.6. The molecule has 2 aliphatic heterocycles. The Morgan fingerprint density at radius 2 is 1.85 bits per heavy atom. The van der Waals surface area contributed by atoms with Crippen molar-refractivity contribution in [1.29, 1.82) is 0 Å². The molecule has 1 aliphatic carbocycles. The Labute approximate surface area is 244 Å². The average molecular weight is 587 g/mol. The summed E-state index contributed by atoms with van der Waals surface area (Å²) in [6.07, 6.45) is 3.93. The van der Waals surface area contributed by atoms with Gasteiger partial charge >= 0.3 is 5.97 Å². The first kappa shape index (κ1) is 27.7. The van der Waals surface area contributed by atoms with Gasteiger partial charge in [0.05, 0.1) is 17.2 Å². The minimum atomic E-state index is -0.660. The third-order valence-electron chi connectivity index (χ3n) is 9.42. The molecule has 3 aromatic rings. The molecule has 40 heavy (non-hydrogen) atoms. The molecular formula is C29H37Cl2N7O2. The van der Waals surface area contributed by atoms with Gasteiger partial charge in [0, 0.05) is 35.7 Å². The van der Waals surface area contributed by atoms with Gasteiger partial charge in [0.1, 0.15) is 0 Å². The van der Waals surface area contributed by atoms with Crippen LogP contribution < -0.4 is 4.90 Å². The molecule has 0 amide bonds. The molecule has 3 aliphatic rings. The first-order valence-electron chi connectivity index (χ1n) is 14.3. The van der Waals surface area contributed by atoms with E-state index in [1.807, 2.05) is 30.7 Å². The molecule has 1 aromatic carbocycles. The van der Waals surface area contributed by atoms with Crippen LogP contribution in [0.1, 0.15) is 76.6 Å². The number of aliphatic carboxylic acids is 1. The predicted molar refractivity (Wildman–Crippen MR) is 156 cm³/mol. The number of carbonyl (C=O) groups is 1. The molecule has 2 atom stereocenters. The van der Waals surface area contributed by atoms with E-state index in [2.05, 4.69) is 34.0 Å². The largest absolute Gasteiger partial charge is 0.481 e. The first-order valence-corrected chi connectivity index (χ1v) is 15.1. The molecule has 2 aromatic heterocycles. The SMILES string of the molecule is CC(C)c1nc(N2CC([C@H]3CCCN(C4CC(C)(C(=O)O)C4)C3)C2)nc2c1nnn2[C@H](C)c1ccc(Cl)cc1Cl. The van der Waals surface area contributed by atoms with E-state index in [1.54, 1.807) is 6.07 Å². The van der Waals surface area contributed by atoms with Gasteiger partial charge in [-0.2, -0.15) is 4.98 Å². The fourth-order valence-electron chi connectivity index (χ4n) is 6.76. The summed E-state index contributed by atoms with van der Waals surface area (Å²) in [5, 5.41) is 19.7. The molecule has 214 valence electrons. The zero-order valence-corrected chi connectivity index (χ0v) is 25.0. The summed E-state index contributed by atoms with van der Waals surface area (Å²) in [6.45, 7) is 12.2. The Balaban J connectivity index is 1.19. The molecule has 3 fully saturated rings. The van der Waals surface area contributed by atoms with E-state index in [-0.39, 0.29) is 12.0 Å². The minimum absolute atomic E-state index is 0.173. The second kappa shape index (κ2) is 10.4. The number of likely N-dealkylation sites (tertiary alicyclic amines) is 1. The lowest BCUT2D eigenvalue weighted by molar-refractivity contribution is -0.158. The number of halogens is 2. The number of benzene rings is 1. The van der Waals surface area contributed by atoms with E-state index in [0.29, 0.717) is 33.6 Å². The zero-order valence-electron chi connectivity index (χ0n) is 23.5. The fourth-order valence-corrected chi connectivity index (χ4v) is 7.33. The predicted octanol–water partition coefficient (Wildman–Crippen LogP) is 5.66. The van der Waals surface area contributed by atoms with Crippen LogP contribution in [-0.2, 0) is 4.79 Å². The lowest BCUT2D eigenvalue weighted by atomic mass is 9.65. The number of aromatic nitrogens is 5. The van der Waals surface area contributed by atoms with E-state index in [0.717, 1.165) is 61.7 Å². The smallest absolute Gasteiger partial charge is 0.309 e. The lowest BCUT2D eigenvalue weighted by Gasteiger charge is -2.52. The Bertz CT molecular complexity index is 1430. The topological polar surface area (TPSA) is 100 Å². The first-order chi connectivity index (χ1) is 19.0. The second-order valence-corrected chi connectivity index (χ2v) is 13.4. The third-order valence-corrected chi connectivity index (χ3v) is 9.98. The molecule has 1 saturated carbocycles. The second-order valence-electron chi connectivity index (χ2n) is 12.6. The average Bonchev–Trinajstić information content (AvgIpc) is 3.29. The Morgan fingerprint density at radius 3 is 2.52 bits per heavy atom. The highest BCUT2D eigenvalue weighted by molar-refractivity contribution is 6.35. The van der Waals surface area contributed by atoms with Crippen molar-refractivity contribution in [2.24, 2.45) is 17.3 Å². The molecule has 11 heteroatoms.